The number of amides is 1. The molecular weight excluding hydrogens is 330 g/mol. The predicted octanol–water partition coefficient (Wildman–Crippen LogP) is 1.28. The summed E-state index contributed by atoms with van der Waals surface area (Å²) < 4.78 is 11.0. The van der Waals surface area contributed by atoms with Crippen molar-refractivity contribution in [1.82, 2.24) is 9.80 Å². The van der Waals surface area contributed by atoms with Gasteiger partial charge in [0.15, 0.2) is 0 Å². The highest BCUT2D eigenvalue weighted by molar-refractivity contribution is 5.79. The van der Waals surface area contributed by atoms with Crippen molar-refractivity contribution in [1.29, 1.82) is 0 Å². The minimum Gasteiger partial charge on any atom is -0.492 e. The molecular formula is C20H31N3O3. The Balaban J connectivity index is 1.59. The van der Waals surface area contributed by atoms with Crippen LogP contribution in [0.25, 0.3) is 0 Å². The Hall–Kier alpha value is -1.63. The molecule has 0 bridgehead atoms. The van der Waals surface area contributed by atoms with Crippen molar-refractivity contribution in [3.8, 4) is 5.75 Å². The van der Waals surface area contributed by atoms with Gasteiger partial charge in [0.05, 0.1) is 19.6 Å². The molecule has 2 aliphatic rings. The van der Waals surface area contributed by atoms with Crippen LogP contribution in [-0.4, -0.2) is 74.3 Å². The van der Waals surface area contributed by atoms with Crippen LogP contribution in [0.1, 0.15) is 24.8 Å². The first-order valence-corrected chi connectivity index (χ1v) is 9.77. The van der Waals surface area contributed by atoms with Crippen molar-refractivity contribution >= 4 is 5.91 Å². The van der Waals surface area contributed by atoms with Gasteiger partial charge in [0.25, 0.3) is 0 Å². The second kappa shape index (κ2) is 9.90. The van der Waals surface area contributed by atoms with Crippen molar-refractivity contribution in [2.24, 2.45) is 5.73 Å². The van der Waals surface area contributed by atoms with Crippen LogP contribution in [-0.2, 0) is 16.0 Å². The lowest BCUT2D eigenvalue weighted by Crippen LogP contribution is -2.51. The summed E-state index contributed by atoms with van der Waals surface area (Å²) in [6, 6.07) is 8.12. The van der Waals surface area contributed by atoms with E-state index in [2.05, 4.69) is 9.80 Å². The Morgan fingerprint density at radius 1 is 1.23 bits per heavy atom. The molecule has 0 saturated carbocycles. The van der Waals surface area contributed by atoms with Crippen LogP contribution in [0.5, 0.6) is 5.75 Å². The second-order valence-corrected chi connectivity index (χ2v) is 7.11. The smallest absolute Gasteiger partial charge is 0.227 e. The van der Waals surface area contributed by atoms with E-state index in [0.29, 0.717) is 25.6 Å². The Morgan fingerprint density at radius 3 is 2.88 bits per heavy atom. The fraction of sp³-hybridized carbons (Fsp3) is 0.650. The van der Waals surface area contributed by atoms with E-state index < -0.39 is 0 Å². The normalized spacial score (nSPS) is 21.6. The highest BCUT2D eigenvalue weighted by atomic mass is 16.5. The lowest BCUT2D eigenvalue weighted by Gasteiger charge is -2.39. The number of ether oxygens (including phenoxy) is 2. The summed E-state index contributed by atoms with van der Waals surface area (Å²) in [5.41, 5.74) is 6.49. The molecule has 2 fully saturated rings. The number of morpholine rings is 1. The fourth-order valence-electron chi connectivity index (χ4n) is 3.80. The topological polar surface area (TPSA) is 68.0 Å². The van der Waals surface area contributed by atoms with Gasteiger partial charge in [0.1, 0.15) is 12.4 Å². The summed E-state index contributed by atoms with van der Waals surface area (Å²) in [5.74, 6) is 1.00. The monoisotopic (exact) mass is 361 g/mol. The molecule has 6 nitrogen and oxygen atoms in total. The molecule has 0 aromatic heterocycles. The van der Waals surface area contributed by atoms with Gasteiger partial charge in [0.2, 0.25) is 5.91 Å². The summed E-state index contributed by atoms with van der Waals surface area (Å²) in [4.78, 5) is 17.5. The van der Waals surface area contributed by atoms with Crippen LogP contribution in [0.3, 0.4) is 0 Å². The fourth-order valence-corrected chi connectivity index (χ4v) is 3.80. The van der Waals surface area contributed by atoms with Crippen molar-refractivity contribution in [3.63, 3.8) is 0 Å². The zero-order valence-corrected chi connectivity index (χ0v) is 15.6. The molecule has 6 heteroatoms. The highest BCUT2D eigenvalue weighted by Crippen LogP contribution is 2.21. The van der Waals surface area contributed by atoms with Crippen molar-refractivity contribution in [2.45, 2.75) is 31.7 Å². The number of rotatable bonds is 7. The van der Waals surface area contributed by atoms with Crippen molar-refractivity contribution < 1.29 is 14.3 Å². The first-order chi connectivity index (χ1) is 12.8. The first-order valence-electron chi connectivity index (χ1n) is 9.77. The number of nitrogens with zero attached hydrogens (tertiary/aromatic N) is 2. The third-order valence-electron chi connectivity index (χ3n) is 5.16. The highest BCUT2D eigenvalue weighted by Gasteiger charge is 2.28. The number of hydrogen-bond acceptors (Lipinski definition) is 5. The number of nitrogens with two attached hydrogens (primary N) is 1. The number of benzene rings is 1. The van der Waals surface area contributed by atoms with Gasteiger partial charge in [-0.15, -0.1) is 0 Å². The molecule has 1 amide bonds. The van der Waals surface area contributed by atoms with Gasteiger partial charge in [0, 0.05) is 38.8 Å². The number of piperidine rings is 1. The average molecular weight is 361 g/mol. The molecule has 144 valence electrons. The van der Waals surface area contributed by atoms with Crippen LogP contribution >= 0.6 is 0 Å². The standard InChI is InChI=1S/C20H31N3O3/c21-7-11-26-19-6-3-4-17(14-19)15-20(24)23-8-2-1-5-18(23)16-22-9-12-25-13-10-22/h3-4,6,14,18H,1-2,5,7-13,15-16,21H2/t18-/m0/s1. The first kappa shape index (κ1) is 19.1. The molecule has 2 heterocycles. The summed E-state index contributed by atoms with van der Waals surface area (Å²) in [5, 5.41) is 0. The van der Waals surface area contributed by atoms with Gasteiger partial charge < -0.3 is 20.1 Å². The molecule has 0 unspecified atom stereocenters. The lowest BCUT2D eigenvalue weighted by atomic mass is 10.00. The van der Waals surface area contributed by atoms with E-state index in [4.69, 9.17) is 15.2 Å². The third-order valence-corrected chi connectivity index (χ3v) is 5.16. The third kappa shape index (κ3) is 5.43. The Bertz CT molecular complexity index is 575. The molecule has 2 saturated heterocycles. The van der Waals surface area contributed by atoms with Gasteiger partial charge >= 0.3 is 0 Å². The Labute approximate surface area is 156 Å². The maximum atomic E-state index is 13.0. The van der Waals surface area contributed by atoms with Crippen molar-refractivity contribution in [3.05, 3.63) is 29.8 Å². The molecule has 0 spiro atoms. The van der Waals surface area contributed by atoms with Crippen LogP contribution in [0, 0.1) is 0 Å². The minimum atomic E-state index is 0.221. The molecule has 3 rings (SSSR count). The van der Waals surface area contributed by atoms with E-state index in [-0.39, 0.29) is 5.91 Å². The second-order valence-electron chi connectivity index (χ2n) is 7.11. The van der Waals surface area contributed by atoms with Gasteiger partial charge in [-0.2, -0.15) is 0 Å². The maximum Gasteiger partial charge on any atom is 0.227 e. The summed E-state index contributed by atoms with van der Waals surface area (Å²) >= 11 is 0. The van der Waals surface area contributed by atoms with Gasteiger partial charge in [-0.1, -0.05) is 12.1 Å². The van der Waals surface area contributed by atoms with Gasteiger partial charge in [-0.25, -0.2) is 0 Å². The summed E-state index contributed by atoms with van der Waals surface area (Å²) in [6.07, 6.45) is 3.84. The molecule has 1 atom stereocenters. The number of carbonyl (C=O) groups is 1. The largest absolute Gasteiger partial charge is 0.492 e. The maximum absolute atomic E-state index is 13.0. The van der Waals surface area contributed by atoms with Gasteiger partial charge in [-0.3, -0.25) is 9.69 Å². The predicted molar refractivity (Wildman–Crippen MR) is 101 cm³/mol. The van der Waals surface area contributed by atoms with Gasteiger partial charge in [-0.05, 0) is 37.0 Å². The van der Waals surface area contributed by atoms with E-state index in [9.17, 15) is 4.79 Å². The molecule has 0 radical (unpaired) electrons. The minimum absolute atomic E-state index is 0.221. The van der Waals surface area contributed by atoms with E-state index in [1.165, 1.54) is 6.42 Å². The Kier molecular flexibility index (Phi) is 7.29. The number of carbonyl (C=O) groups excluding carboxylic acids is 1. The van der Waals surface area contributed by atoms with Crippen LogP contribution in [0.15, 0.2) is 24.3 Å². The number of likely N-dealkylation sites (tertiary alicyclic amines) is 1. The van der Waals surface area contributed by atoms with E-state index in [0.717, 1.165) is 63.5 Å². The van der Waals surface area contributed by atoms with E-state index in [1.807, 2.05) is 24.3 Å². The average Bonchev–Trinajstić information content (AvgIpc) is 2.68. The van der Waals surface area contributed by atoms with Crippen LogP contribution < -0.4 is 10.5 Å². The number of hydrogen-bond donors (Lipinski definition) is 1. The zero-order valence-electron chi connectivity index (χ0n) is 15.6. The summed E-state index contributed by atoms with van der Waals surface area (Å²) in [7, 11) is 0. The molecule has 0 aliphatic carbocycles. The molecule has 2 N–H and O–H groups in total. The quantitative estimate of drug-likeness (QED) is 0.792. The van der Waals surface area contributed by atoms with Crippen molar-refractivity contribution in [2.75, 3.05) is 52.5 Å². The molecule has 2 aliphatic heterocycles. The Morgan fingerprint density at radius 2 is 2.08 bits per heavy atom. The lowest BCUT2D eigenvalue weighted by molar-refractivity contribution is -0.134. The van der Waals surface area contributed by atoms with Crippen LogP contribution in [0.2, 0.25) is 0 Å². The molecule has 1 aromatic carbocycles. The SMILES string of the molecule is NCCOc1cccc(CC(=O)N2CCCC[C@H]2CN2CCOCC2)c1. The summed E-state index contributed by atoms with van der Waals surface area (Å²) in [6.45, 7) is 6.36. The van der Waals surface area contributed by atoms with E-state index in [1.54, 1.807) is 0 Å². The van der Waals surface area contributed by atoms with E-state index >= 15 is 0 Å². The van der Waals surface area contributed by atoms with Crippen LogP contribution in [0.4, 0.5) is 0 Å². The molecule has 1 aromatic rings. The molecule has 26 heavy (non-hydrogen) atoms. The zero-order chi connectivity index (χ0) is 18.2.